The molecule has 1 aromatic rings. The van der Waals surface area contributed by atoms with Crippen molar-refractivity contribution < 1.29 is 19.1 Å². The Balaban J connectivity index is 2.72. The van der Waals surface area contributed by atoms with Gasteiger partial charge in [0.15, 0.2) is 6.61 Å². The molecule has 1 aromatic carbocycles. The third kappa shape index (κ3) is 6.21. The number of rotatable bonds is 7. The number of aryl methyl sites for hydroxylation is 1. The largest absolute Gasteiger partial charge is 0.454 e. The molecule has 0 aliphatic rings. The summed E-state index contributed by atoms with van der Waals surface area (Å²) in [7, 11) is 0. The fourth-order valence-corrected chi connectivity index (χ4v) is 2.46. The Bertz CT molecular complexity index is 638. The van der Waals surface area contributed by atoms with E-state index in [-0.39, 0.29) is 17.7 Å². The number of benzene rings is 1. The molecule has 6 nitrogen and oxygen atoms in total. The molecule has 25 heavy (non-hydrogen) atoms. The maximum Gasteiger partial charge on any atom is 0.329 e. The highest BCUT2D eigenvalue weighted by Gasteiger charge is 2.25. The summed E-state index contributed by atoms with van der Waals surface area (Å²) in [5.41, 5.74) is 2.72. The fraction of sp³-hybridized carbons (Fsp3) is 0.526. The Morgan fingerprint density at radius 2 is 1.76 bits per heavy atom. The van der Waals surface area contributed by atoms with E-state index in [1.54, 1.807) is 13.8 Å². The van der Waals surface area contributed by atoms with Gasteiger partial charge in [-0.3, -0.25) is 9.59 Å². The monoisotopic (exact) mass is 348 g/mol. The fourth-order valence-electron chi connectivity index (χ4n) is 2.46. The van der Waals surface area contributed by atoms with E-state index in [1.165, 1.54) is 6.92 Å². The Morgan fingerprint density at radius 1 is 1.12 bits per heavy atom. The number of nitrogens with one attached hydrogen (secondary N) is 2. The van der Waals surface area contributed by atoms with Crippen LogP contribution in [0.15, 0.2) is 18.2 Å². The van der Waals surface area contributed by atoms with Crippen molar-refractivity contribution in [3.8, 4) is 0 Å². The number of amides is 2. The maximum atomic E-state index is 12.2. The van der Waals surface area contributed by atoms with Crippen molar-refractivity contribution in [3.63, 3.8) is 0 Å². The Labute approximate surface area is 149 Å². The van der Waals surface area contributed by atoms with E-state index in [4.69, 9.17) is 4.74 Å². The molecule has 0 aromatic heterocycles. The van der Waals surface area contributed by atoms with Crippen LogP contribution in [0, 0.1) is 12.8 Å². The van der Waals surface area contributed by atoms with Crippen LogP contribution >= 0.6 is 0 Å². The molecule has 0 aliphatic carbocycles. The highest BCUT2D eigenvalue weighted by molar-refractivity contribution is 5.95. The highest BCUT2D eigenvalue weighted by atomic mass is 16.5. The van der Waals surface area contributed by atoms with E-state index in [0.29, 0.717) is 0 Å². The van der Waals surface area contributed by atoms with Crippen LogP contribution in [-0.2, 0) is 19.1 Å². The van der Waals surface area contributed by atoms with Crippen LogP contribution in [0.5, 0.6) is 0 Å². The predicted molar refractivity (Wildman–Crippen MR) is 97.3 cm³/mol. The summed E-state index contributed by atoms with van der Waals surface area (Å²) in [5, 5.41) is 5.36. The number of ether oxygens (including phenoxy) is 1. The van der Waals surface area contributed by atoms with Crippen molar-refractivity contribution >= 4 is 23.5 Å². The second kappa shape index (κ2) is 9.20. The Hall–Kier alpha value is -2.37. The first-order chi connectivity index (χ1) is 11.6. The standard InChI is InChI=1S/C19H28N2O4/c1-11(2)15-9-7-8-13(5)18(15)21-16(23)10-25-19(24)17(12(3)4)20-14(6)22/h7-9,11-12,17H,10H2,1-6H3,(H,20,22)(H,21,23)/t17-/m1/s1. The summed E-state index contributed by atoms with van der Waals surface area (Å²) in [5.74, 6) is -1.23. The van der Waals surface area contributed by atoms with E-state index >= 15 is 0 Å². The minimum atomic E-state index is -0.769. The van der Waals surface area contributed by atoms with Crippen molar-refractivity contribution in [1.29, 1.82) is 0 Å². The molecule has 2 amide bonds. The van der Waals surface area contributed by atoms with E-state index in [9.17, 15) is 14.4 Å². The predicted octanol–water partition coefficient (Wildman–Crippen LogP) is 2.76. The van der Waals surface area contributed by atoms with E-state index in [0.717, 1.165) is 16.8 Å². The second-order valence-electron chi connectivity index (χ2n) is 6.77. The van der Waals surface area contributed by atoms with E-state index in [2.05, 4.69) is 10.6 Å². The number of hydrogen-bond acceptors (Lipinski definition) is 4. The molecule has 0 spiro atoms. The molecule has 0 aliphatic heterocycles. The first kappa shape index (κ1) is 20.7. The zero-order valence-electron chi connectivity index (χ0n) is 15.8. The molecule has 0 radical (unpaired) electrons. The van der Waals surface area contributed by atoms with Crippen LogP contribution in [0.1, 0.15) is 51.7 Å². The van der Waals surface area contributed by atoms with Gasteiger partial charge in [0.05, 0.1) is 0 Å². The molecule has 2 N–H and O–H groups in total. The zero-order valence-corrected chi connectivity index (χ0v) is 15.8. The molecule has 0 unspecified atom stereocenters. The maximum absolute atomic E-state index is 12.2. The topological polar surface area (TPSA) is 84.5 Å². The van der Waals surface area contributed by atoms with Crippen molar-refractivity contribution in [1.82, 2.24) is 5.32 Å². The third-order valence-electron chi connectivity index (χ3n) is 3.82. The molecule has 0 bridgehead atoms. The van der Waals surface area contributed by atoms with E-state index < -0.39 is 24.5 Å². The van der Waals surface area contributed by atoms with Crippen LogP contribution in [0.25, 0.3) is 0 Å². The summed E-state index contributed by atoms with van der Waals surface area (Å²) < 4.78 is 5.07. The molecule has 1 atom stereocenters. The highest BCUT2D eigenvalue weighted by Crippen LogP contribution is 2.27. The lowest BCUT2D eigenvalue weighted by molar-refractivity contribution is -0.151. The lowest BCUT2D eigenvalue weighted by Gasteiger charge is -2.20. The van der Waals surface area contributed by atoms with Gasteiger partial charge in [0.2, 0.25) is 5.91 Å². The zero-order chi connectivity index (χ0) is 19.1. The molecule has 138 valence electrons. The SMILES string of the molecule is CC(=O)N[C@@H](C(=O)OCC(=O)Nc1c(C)cccc1C(C)C)C(C)C. The van der Waals surface area contributed by atoms with Crippen molar-refractivity contribution in [2.24, 2.45) is 5.92 Å². The number of carbonyl (C=O) groups is 3. The third-order valence-corrected chi connectivity index (χ3v) is 3.82. The summed E-state index contributed by atoms with van der Waals surface area (Å²) in [6.07, 6.45) is 0. The summed E-state index contributed by atoms with van der Waals surface area (Å²) in [6.45, 7) is 10.5. The van der Waals surface area contributed by atoms with Gasteiger partial charge in [0.1, 0.15) is 6.04 Å². The van der Waals surface area contributed by atoms with Gasteiger partial charge in [-0.25, -0.2) is 4.79 Å². The summed E-state index contributed by atoms with van der Waals surface area (Å²) >= 11 is 0. The lowest BCUT2D eigenvalue weighted by Crippen LogP contribution is -2.45. The normalized spacial score (nSPS) is 12.0. The van der Waals surface area contributed by atoms with Gasteiger partial charge < -0.3 is 15.4 Å². The van der Waals surface area contributed by atoms with Gasteiger partial charge in [-0.05, 0) is 29.9 Å². The van der Waals surface area contributed by atoms with Gasteiger partial charge in [-0.1, -0.05) is 45.9 Å². The van der Waals surface area contributed by atoms with Crippen LogP contribution in [-0.4, -0.2) is 30.4 Å². The van der Waals surface area contributed by atoms with Crippen LogP contribution in [0.2, 0.25) is 0 Å². The molecule has 0 fully saturated rings. The molecule has 6 heteroatoms. The first-order valence-corrected chi connectivity index (χ1v) is 8.46. The number of para-hydroxylation sites is 1. The average Bonchev–Trinajstić information content (AvgIpc) is 2.51. The first-order valence-electron chi connectivity index (χ1n) is 8.46. The molecule has 1 rings (SSSR count). The quantitative estimate of drug-likeness (QED) is 0.742. The summed E-state index contributed by atoms with van der Waals surface area (Å²) in [6, 6.07) is 5.06. The van der Waals surface area contributed by atoms with Gasteiger partial charge in [0, 0.05) is 12.6 Å². The lowest BCUT2D eigenvalue weighted by atomic mass is 9.98. The second-order valence-corrected chi connectivity index (χ2v) is 6.77. The summed E-state index contributed by atoms with van der Waals surface area (Å²) in [4.78, 5) is 35.5. The van der Waals surface area contributed by atoms with Crippen LogP contribution in [0.4, 0.5) is 5.69 Å². The number of anilines is 1. The van der Waals surface area contributed by atoms with E-state index in [1.807, 2.05) is 39.0 Å². The number of esters is 1. The molecule has 0 saturated heterocycles. The van der Waals surface area contributed by atoms with Gasteiger partial charge in [-0.2, -0.15) is 0 Å². The van der Waals surface area contributed by atoms with Gasteiger partial charge >= 0.3 is 5.97 Å². The smallest absolute Gasteiger partial charge is 0.329 e. The van der Waals surface area contributed by atoms with Crippen LogP contribution < -0.4 is 10.6 Å². The number of hydrogen-bond donors (Lipinski definition) is 2. The molecular weight excluding hydrogens is 320 g/mol. The van der Waals surface area contributed by atoms with Crippen LogP contribution in [0.3, 0.4) is 0 Å². The molecule has 0 saturated carbocycles. The molecular formula is C19H28N2O4. The minimum Gasteiger partial charge on any atom is -0.454 e. The minimum absolute atomic E-state index is 0.136. The van der Waals surface area contributed by atoms with Crippen molar-refractivity contribution in [2.75, 3.05) is 11.9 Å². The van der Waals surface area contributed by atoms with Gasteiger partial charge in [0.25, 0.3) is 5.91 Å². The number of carbonyl (C=O) groups excluding carboxylic acids is 3. The molecule has 0 heterocycles. The van der Waals surface area contributed by atoms with Crippen molar-refractivity contribution in [2.45, 2.75) is 53.5 Å². The van der Waals surface area contributed by atoms with Crippen molar-refractivity contribution in [3.05, 3.63) is 29.3 Å². The Kier molecular flexibility index (Phi) is 7.61. The van der Waals surface area contributed by atoms with Gasteiger partial charge in [-0.15, -0.1) is 0 Å². The average molecular weight is 348 g/mol. The Morgan fingerprint density at radius 3 is 2.28 bits per heavy atom.